The molecule has 0 radical (unpaired) electrons. The van der Waals surface area contributed by atoms with E-state index in [1.54, 1.807) is 0 Å². The smallest absolute Gasteiger partial charge is 0.134 e. The Hall–Kier alpha value is -1.32. The predicted octanol–water partition coefficient (Wildman–Crippen LogP) is 2.48. The van der Waals surface area contributed by atoms with Crippen LogP contribution in [-0.4, -0.2) is 36.1 Å². The van der Waals surface area contributed by atoms with E-state index < -0.39 is 0 Å². The first-order valence-corrected chi connectivity index (χ1v) is 6.51. The molecule has 96 valence electrons. The van der Waals surface area contributed by atoms with Crippen molar-refractivity contribution >= 4 is 11.6 Å². The molecule has 0 aliphatic carbocycles. The monoisotopic (exact) mass is 236 g/mol. The lowest BCUT2D eigenvalue weighted by Crippen LogP contribution is -2.26. The van der Waals surface area contributed by atoms with Gasteiger partial charge in [0.25, 0.3) is 0 Å². The summed E-state index contributed by atoms with van der Waals surface area (Å²) in [6.45, 7) is 14.5. The summed E-state index contributed by atoms with van der Waals surface area (Å²) in [5.41, 5.74) is 0. The maximum absolute atomic E-state index is 4.51. The second-order valence-electron chi connectivity index (χ2n) is 3.98. The average Bonchev–Trinajstić information content (AvgIpc) is 2.31. The number of hydrogen-bond donors (Lipinski definition) is 0. The minimum atomic E-state index is 0.844. The molecule has 0 aliphatic rings. The topological polar surface area (TPSA) is 32.3 Å². The maximum atomic E-state index is 4.51. The zero-order chi connectivity index (χ0) is 12.8. The molecule has 0 N–H and O–H groups in total. The molecule has 1 aromatic heterocycles. The highest BCUT2D eigenvalue weighted by Crippen LogP contribution is 2.18. The van der Waals surface area contributed by atoms with Crippen molar-refractivity contribution in [2.24, 2.45) is 0 Å². The number of anilines is 2. The van der Waals surface area contributed by atoms with E-state index in [0.29, 0.717) is 0 Å². The Morgan fingerprint density at radius 2 is 1.18 bits per heavy atom. The number of hydrogen-bond acceptors (Lipinski definition) is 4. The van der Waals surface area contributed by atoms with Crippen LogP contribution in [0.5, 0.6) is 0 Å². The van der Waals surface area contributed by atoms with E-state index in [0.717, 1.165) is 43.6 Å². The molecule has 0 unspecified atom stereocenters. The average molecular weight is 236 g/mol. The van der Waals surface area contributed by atoms with Crippen LogP contribution < -0.4 is 9.80 Å². The summed E-state index contributed by atoms with van der Waals surface area (Å²) >= 11 is 0. The summed E-state index contributed by atoms with van der Waals surface area (Å²) in [5.74, 6) is 2.91. The van der Waals surface area contributed by atoms with E-state index in [4.69, 9.17) is 0 Å². The van der Waals surface area contributed by atoms with Crippen molar-refractivity contribution in [2.45, 2.75) is 34.6 Å². The first kappa shape index (κ1) is 13.7. The number of aryl methyl sites for hydroxylation is 1. The van der Waals surface area contributed by atoms with Crippen LogP contribution in [0.3, 0.4) is 0 Å². The first-order chi connectivity index (χ1) is 8.15. The number of nitrogens with zero attached hydrogens (tertiary/aromatic N) is 4. The Morgan fingerprint density at radius 3 is 1.47 bits per heavy atom. The molecule has 0 saturated carbocycles. The summed E-state index contributed by atoms with van der Waals surface area (Å²) in [5, 5.41) is 0. The van der Waals surface area contributed by atoms with Crippen molar-refractivity contribution in [3.05, 3.63) is 11.9 Å². The molecular weight excluding hydrogens is 212 g/mol. The Bertz CT molecular complexity index is 313. The summed E-state index contributed by atoms with van der Waals surface area (Å²) in [6, 6.07) is 2.09. The third-order valence-corrected chi connectivity index (χ3v) is 2.99. The van der Waals surface area contributed by atoms with Crippen molar-refractivity contribution in [3.8, 4) is 0 Å². The fourth-order valence-corrected chi connectivity index (χ4v) is 1.96. The molecule has 0 saturated heterocycles. The van der Waals surface area contributed by atoms with E-state index >= 15 is 0 Å². The summed E-state index contributed by atoms with van der Waals surface area (Å²) in [7, 11) is 0. The standard InChI is InChI=1S/C13H24N4/c1-6-16(7-2)12-10-13(15-11(5)14-12)17(8-3)9-4/h10H,6-9H2,1-5H3. The van der Waals surface area contributed by atoms with Crippen LogP contribution in [-0.2, 0) is 0 Å². The Labute approximate surface area is 105 Å². The van der Waals surface area contributed by atoms with Gasteiger partial charge in [0.15, 0.2) is 0 Å². The van der Waals surface area contributed by atoms with Gasteiger partial charge in [0.1, 0.15) is 17.5 Å². The van der Waals surface area contributed by atoms with Gasteiger partial charge in [-0.15, -0.1) is 0 Å². The van der Waals surface area contributed by atoms with Gasteiger partial charge in [-0.1, -0.05) is 0 Å². The molecule has 17 heavy (non-hydrogen) atoms. The minimum Gasteiger partial charge on any atom is -0.357 e. The molecule has 1 aromatic rings. The summed E-state index contributed by atoms with van der Waals surface area (Å²) in [4.78, 5) is 13.5. The van der Waals surface area contributed by atoms with Gasteiger partial charge in [-0.2, -0.15) is 0 Å². The number of rotatable bonds is 6. The molecule has 1 heterocycles. The Morgan fingerprint density at radius 1 is 0.824 bits per heavy atom. The van der Waals surface area contributed by atoms with Crippen LogP contribution >= 0.6 is 0 Å². The molecule has 0 bridgehead atoms. The molecule has 4 nitrogen and oxygen atoms in total. The predicted molar refractivity (Wildman–Crippen MR) is 73.9 cm³/mol. The second kappa shape index (κ2) is 6.42. The molecule has 0 amide bonds. The fourth-order valence-electron chi connectivity index (χ4n) is 1.96. The lowest BCUT2D eigenvalue weighted by molar-refractivity contribution is 0.808. The highest BCUT2D eigenvalue weighted by molar-refractivity contribution is 5.50. The van der Waals surface area contributed by atoms with Crippen molar-refractivity contribution in [2.75, 3.05) is 36.0 Å². The summed E-state index contributed by atoms with van der Waals surface area (Å²) < 4.78 is 0. The lowest BCUT2D eigenvalue weighted by Gasteiger charge is -2.24. The van der Waals surface area contributed by atoms with E-state index in [-0.39, 0.29) is 0 Å². The van der Waals surface area contributed by atoms with E-state index in [1.165, 1.54) is 0 Å². The van der Waals surface area contributed by atoms with Crippen LogP contribution in [0.4, 0.5) is 11.6 Å². The van der Waals surface area contributed by atoms with E-state index in [2.05, 4.69) is 53.5 Å². The van der Waals surface area contributed by atoms with E-state index in [1.807, 2.05) is 6.92 Å². The van der Waals surface area contributed by atoms with Gasteiger partial charge in [0.05, 0.1) is 0 Å². The van der Waals surface area contributed by atoms with Crippen LogP contribution in [0.1, 0.15) is 33.5 Å². The van der Waals surface area contributed by atoms with Gasteiger partial charge in [0.2, 0.25) is 0 Å². The number of aromatic nitrogens is 2. The zero-order valence-electron chi connectivity index (χ0n) is 11.7. The second-order valence-corrected chi connectivity index (χ2v) is 3.98. The van der Waals surface area contributed by atoms with Gasteiger partial charge in [-0.05, 0) is 34.6 Å². The first-order valence-electron chi connectivity index (χ1n) is 6.51. The molecule has 1 rings (SSSR count). The lowest BCUT2D eigenvalue weighted by atomic mass is 10.4. The molecule has 0 aromatic carbocycles. The highest BCUT2D eigenvalue weighted by Gasteiger charge is 2.10. The van der Waals surface area contributed by atoms with Crippen LogP contribution in [0.25, 0.3) is 0 Å². The fraction of sp³-hybridized carbons (Fsp3) is 0.692. The SMILES string of the molecule is CCN(CC)c1cc(N(CC)CC)nc(C)n1. The third-order valence-electron chi connectivity index (χ3n) is 2.99. The van der Waals surface area contributed by atoms with Gasteiger partial charge < -0.3 is 9.80 Å². The van der Waals surface area contributed by atoms with E-state index in [9.17, 15) is 0 Å². The molecule has 0 fully saturated rings. The van der Waals surface area contributed by atoms with Gasteiger partial charge in [0, 0.05) is 32.2 Å². The maximum Gasteiger partial charge on any atom is 0.134 e. The molecule has 0 aliphatic heterocycles. The minimum absolute atomic E-state index is 0.844. The van der Waals surface area contributed by atoms with Gasteiger partial charge in [-0.25, -0.2) is 9.97 Å². The molecular formula is C13H24N4. The Balaban J connectivity index is 3.08. The van der Waals surface area contributed by atoms with Crippen molar-refractivity contribution in [1.29, 1.82) is 0 Å². The van der Waals surface area contributed by atoms with Crippen molar-refractivity contribution in [1.82, 2.24) is 9.97 Å². The largest absolute Gasteiger partial charge is 0.357 e. The third kappa shape index (κ3) is 3.32. The van der Waals surface area contributed by atoms with Gasteiger partial charge >= 0.3 is 0 Å². The highest BCUT2D eigenvalue weighted by atomic mass is 15.2. The Kier molecular flexibility index (Phi) is 5.19. The van der Waals surface area contributed by atoms with Crippen molar-refractivity contribution < 1.29 is 0 Å². The van der Waals surface area contributed by atoms with Crippen LogP contribution in [0, 0.1) is 6.92 Å². The molecule has 4 heteroatoms. The van der Waals surface area contributed by atoms with Crippen molar-refractivity contribution in [3.63, 3.8) is 0 Å². The molecule has 0 atom stereocenters. The van der Waals surface area contributed by atoms with Crippen LogP contribution in [0.2, 0.25) is 0 Å². The zero-order valence-corrected chi connectivity index (χ0v) is 11.7. The normalized spacial score (nSPS) is 10.4. The quantitative estimate of drug-likeness (QED) is 0.759. The van der Waals surface area contributed by atoms with Crippen LogP contribution in [0.15, 0.2) is 6.07 Å². The molecule has 0 spiro atoms. The summed E-state index contributed by atoms with van der Waals surface area (Å²) in [6.07, 6.45) is 0. The van der Waals surface area contributed by atoms with Gasteiger partial charge in [-0.3, -0.25) is 0 Å².